The van der Waals surface area contributed by atoms with Crippen LogP contribution in [0.2, 0.25) is 0 Å². The van der Waals surface area contributed by atoms with Gasteiger partial charge in [0.05, 0.1) is 25.9 Å². The van der Waals surface area contributed by atoms with Crippen molar-refractivity contribution >= 4 is 0 Å². The van der Waals surface area contributed by atoms with E-state index in [0.29, 0.717) is 12.6 Å². The van der Waals surface area contributed by atoms with Crippen LogP contribution in [0.4, 0.5) is 0 Å². The molecular formula is C18H27NO2. The Bertz CT molecular complexity index is 455. The van der Waals surface area contributed by atoms with Crippen LogP contribution in [0.5, 0.6) is 0 Å². The Labute approximate surface area is 128 Å². The van der Waals surface area contributed by atoms with E-state index >= 15 is 0 Å². The summed E-state index contributed by atoms with van der Waals surface area (Å²) in [4.78, 5) is 0. The molecule has 3 heteroatoms. The first-order chi connectivity index (χ1) is 10.4. The minimum atomic E-state index is 0.179. The summed E-state index contributed by atoms with van der Waals surface area (Å²) < 4.78 is 11.5. The Morgan fingerprint density at radius 3 is 2.95 bits per heavy atom. The zero-order chi connectivity index (χ0) is 14.5. The van der Waals surface area contributed by atoms with Crippen molar-refractivity contribution < 1.29 is 9.47 Å². The predicted octanol–water partition coefficient (Wildman–Crippen LogP) is 2.50. The first-order valence-electron chi connectivity index (χ1n) is 8.40. The van der Waals surface area contributed by atoms with Crippen molar-refractivity contribution in [2.45, 2.75) is 51.2 Å². The number of benzene rings is 1. The van der Waals surface area contributed by atoms with E-state index < -0.39 is 0 Å². The normalized spacial score (nSPS) is 23.0. The summed E-state index contributed by atoms with van der Waals surface area (Å²) in [6, 6.07) is 7.39. The second-order valence-corrected chi connectivity index (χ2v) is 6.21. The van der Waals surface area contributed by atoms with Gasteiger partial charge in [-0.15, -0.1) is 0 Å². The van der Waals surface area contributed by atoms with Crippen LogP contribution >= 0.6 is 0 Å². The van der Waals surface area contributed by atoms with Crippen molar-refractivity contribution in [2.75, 3.05) is 26.4 Å². The molecule has 0 spiro atoms. The topological polar surface area (TPSA) is 30.5 Å². The van der Waals surface area contributed by atoms with Gasteiger partial charge in [0, 0.05) is 6.04 Å². The zero-order valence-corrected chi connectivity index (χ0v) is 13.1. The average molecular weight is 289 g/mol. The highest BCUT2D eigenvalue weighted by atomic mass is 16.6. The van der Waals surface area contributed by atoms with Gasteiger partial charge >= 0.3 is 0 Å². The summed E-state index contributed by atoms with van der Waals surface area (Å²) in [5, 5.41) is 3.65. The molecule has 1 aromatic rings. The van der Waals surface area contributed by atoms with E-state index in [1.54, 1.807) is 11.1 Å². The van der Waals surface area contributed by atoms with E-state index in [1.807, 2.05) is 0 Å². The Hall–Kier alpha value is -0.900. The molecule has 2 unspecified atom stereocenters. The molecule has 1 aliphatic heterocycles. The maximum absolute atomic E-state index is 5.91. The van der Waals surface area contributed by atoms with E-state index in [1.165, 1.54) is 24.8 Å². The quantitative estimate of drug-likeness (QED) is 0.873. The van der Waals surface area contributed by atoms with E-state index in [-0.39, 0.29) is 6.10 Å². The zero-order valence-electron chi connectivity index (χ0n) is 13.1. The Morgan fingerprint density at radius 2 is 2.14 bits per heavy atom. The van der Waals surface area contributed by atoms with E-state index in [0.717, 1.165) is 32.6 Å². The standard InChI is InChI=1S/C18H27NO2/c1-2-8-19-17(18-13-20-9-10-21-18)12-14-6-7-15-4-3-5-16(15)11-14/h6-7,11,17-19H,2-5,8-10,12-13H2,1H3. The molecule has 1 N–H and O–H groups in total. The molecule has 1 heterocycles. The van der Waals surface area contributed by atoms with Crippen LogP contribution in [-0.2, 0) is 28.7 Å². The minimum absolute atomic E-state index is 0.179. The van der Waals surface area contributed by atoms with Crippen LogP contribution in [0.1, 0.15) is 36.5 Å². The molecule has 0 bridgehead atoms. The molecule has 21 heavy (non-hydrogen) atoms. The van der Waals surface area contributed by atoms with Gasteiger partial charge in [0.2, 0.25) is 0 Å². The molecule has 1 fully saturated rings. The first kappa shape index (κ1) is 15.0. The molecule has 0 saturated carbocycles. The lowest BCUT2D eigenvalue weighted by molar-refractivity contribution is -0.101. The van der Waals surface area contributed by atoms with Crippen molar-refractivity contribution in [3.8, 4) is 0 Å². The van der Waals surface area contributed by atoms with E-state index in [9.17, 15) is 0 Å². The van der Waals surface area contributed by atoms with Crippen LogP contribution in [0.3, 0.4) is 0 Å². The van der Waals surface area contributed by atoms with Crippen LogP contribution in [0.15, 0.2) is 18.2 Å². The maximum Gasteiger partial charge on any atom is 0.0965 e. The van der Waals surface area contributed by atoms with Gasteiger partial charge in [-0.05, 0) is 55.3 Å². The third-order valence-electron chi connectivity index (χ3n) is 4.57. The lowest BCUT2D eigenvalue weighted by atomic mass is 9.98. The van der Waals surface area contributed by atoms with E-state index in [4.69, 9.17) is 9.47 Å². The molecule has 116 valence electrons. The van der Waals surface area contributed by atoms with Crippen molar-refractivity contribution in [3.05, 3.63) is 34.9 Å². The molecule has 2 atom stereocenters. The lowest BCUT2D eigenvalue weighted by Crippen LogP contribution is -2.48. The van der Waals surface area contributed by atoms with E-state index in [2.05, 4.69) is 30.4 Å². The molecule has 0 radical (unpaired) electrons. The van der Waals surface area contributed by atoms with Gasteiger partial charge in [0.1, 0.15) is 0 Å². The summed E-state index contributed by atoms with van der Waals surface area (Å²) in [5.41, 5.74) is 4.54. The highest BCUT2D eigenvalue weighted by molar-refractivity contribution is 5.35. The van der Waals surface area contributed by atoms with Crippen LogP contribution in [-0.4, -0.2) is 38.5 Å². The third kappa shape index (κ3) is 3.85. The third-order valence-corrected chi connectivity index (χ3v) is 4.57. The molecule has 3 rings (SSSR count). The first-order valence-corrected chi connectivity index (χ1v) is 8.40. The molecular weight excluding hydrogens is 262 g/mol. The molecule has 0 amide bonds. The van der Waals surface area contributed by atoms with Crippen LogP contribution in [0, 0.1) is 0 Å². The fraction of sp³-hybridized carbons (Fsp3) is 0.667. The number of rotatable bonds is 6. The van der Waals surface area contributed by atoms with Crippen molar-refractivity contribution in [1.29, 1.82) is 0 Å². The fourth-order valence-electron chi connectivity index (χ4n) is 3.41. The number of aryl methyl sites for hydroxylation is 2. The summed E-state index contributed by atoms with van der Waals surface area (Å²) in [5.74, 6) is 0. The van der Waals surface area contributed by atoms with Gasteiger partial charge in [-0.2, -0.15) is 0 Å². The summed E-state index contributed by atoms with van der Waals surface area (Å²) in [6.45, 7) is 5.41. The predicted molar refractivity (Wildman–Crippen MR) is 84.8 cm³/mol. The van der Waals surface area contributed by atoms with Gasteiger partial charge in [0.25, 0.3) is 0 Å². The second-order valence-electron chi connectivity index (χ2n) is 6.21. The minimum Gasteiger partial charge on any atom is -0.376 e. The molecule has 1 aliphatic carbocycles. The van der Waals surface area contributed by atoms with Crippen molar-refractivity contribution in [3.63, 3.8) is 0 Å². The van der Waals surface area contributed by atoms with Gasteiger partial charge in [-0.25, -0.2) is 0 Å². The Balaban J connectivity index is 1.67. The Morgan fingerprint density at radius 1 is 1.24 bits per heavy atom. The second kappa shape index (κ2) is 7.39. The fourth-order valence-corrected chi connectivity index (χ4v) is 3.41. The largest absolute Gasteiger partial charge is 0.376 e. The van der Waals surface area contributed by atoms with Gasteiger partial charge in [-0.1, -0.05) is 25.1 Å². The number of fused-ring (bicyclic) bond motifs is 1. The van der Waals surface area contributed by atoms with Crippen LogP contribution in [0.25, 0.3) is 0 Å². The summed E-state index contributed by atoms with van der Waals surface area (Å²) in [7, 11) is 0. The van der Waals surface area contributed by atoms with Crippen LogP contribution < -0.4 is 5.32 Å². The van der Waals surface area contributed by atoms with Gasteiger partial charge in [-0.3, -0.25) is 0 Å². The maximum atomic E-state index is 5.91. The van der Waals surface area contributed by atoms with Crippen molar-refractivity contribution in [1.82, 2.24) is 5.32 Å². The lowest BCUT2D eigenvalue weighted by Gasteiger charge is -2.31. The monoisotopic (exact) mass is 289 g/mol. The van der Waals surface area contributed by atoms with Gasteiger partial charge < -0.3 is 14.8 Å². The van der Waals surface area contributed by atoms with Crippen molar-refractivity contribution in [2.24, 2.45) is 0 Å². The molecule has 2 aliphatic rings. The number of ether oxygens (including phenoxy) is 2. The highest BCUT2D eigenvalue weighted by Crippen LogP contribution is 2.24. The molecule has 3 nitrogen and oxygen atoms in total. The number of hydrogen-bond donors (Lipinski definition) is 1. The average Bonchev–Trinajstić information content (AvgIpc) is 3.00. The van der Waals surface area contributed by atoms with Gasteiger partial charge in [0.15, 0.2) is 0 Å². The number of hydrogen-bond acceptors (Lipinski definition) is 3. The molecule has 1 aromatic carbocycles. The summed E-state index contributed by atoms with van der Waals surface area (Å²) >= 11 is 0. The Kier molecular flexibility index (Phi) is 5.28. The smallest absolute Gasteiger partial charge is 0.0965 e. The SMILES string of the molecule is CCCNC(Cc1ccc2c(c1)CCC2)C1COCCO1. The molecule has 0 aromatic heterocycles. The number of nitrogens with one attached hydrogen (secondary N) is 1. The molecule has 1 saturated heterocycles. The highest BCUT2D eigenvalue weighted by Gasteiger charge is 2.25. The summed E-state index contributed by atoms with van der Waals surface area (Å²) in [6.07, 6.45) is 6.18.